The van der Waals surface area contributed by atoms with Gasteiger partial charge in [-0.15, -0.1) is 12.4 Å². The number of rotatable bonds is 4. The molecule has 1 aliphatic rings. The first-order valence-corrected chi connectivity index (χ1v) is 6.11. The van der Waals surface area contributed by atoms with Crippen molar-refractivity contribution in [1.29, 1.82) is 0 Å². The van der Waals surface area contributed by atoms with Gasteiger partial charge >= 0.3 is 0 Å². The highest BCUT2D eigenvalue weighted by molar-refractivity contribution is 5.85. The number of hydrogen-bond acceptors (Lipinski definition) is 2. The van der Waals surface area contributed by atoms with Crippen molar-refractivity contribution in [3.05, 3.63) is 35.4 Å². The van der Waals surface area contributed by atoms with Crippen LogP contribution in [0.5, 0.6) is 0 Å². The van der Waals surface area contributed by atoms with Crippen LogP contribution in [-0.2, 0) is 17.6 Å². The number of carbonyl (C=O) groups is 1. The molecule has 100 valence electrons. The quantitative estimate of drug-likeness (QED) is 0.870. The Morgan fingerprint density at radius 2 is 1.83 bits per heavy atom. The predicted molar refractivity (Wildman–Crippen MR) is 76.1 cm³/mol. The van der Waals surface area contributed by atoms with Gasteiger partial charge in [-0.2, -0.15) is 0 Å². The second-order valence-corrected chi connectivity index (χ2v) is 5.24. The molecule has 3 nitrogen and oxygen atoms in total. The molecule has 0 radical (unpaired) electrons. The number of hydrogen-bond donors (Lipinski definition) is 2. The van der Waals surface area contributed by atoms with Gasteiger partial charge in [0.25, 0.3) is 0 Å². The summed E-state index contributed by atoms with van der Waals surface area (Å²) in [5, 5.41) is 5.86. The Labute approximate surface area is 115 Å². The van der Waals surface area contributed by atoms with Crippen LogP contribution in [-0.4, -0.2) is 26.0 Å². The molecule has 0 atom stereocenters. The minimum absolute atomic E-state index is 0. The third-order valence-corrected chi connectivity index (χ3v) is 3.40. The Kier molecular flexibility index (Phi) is 5.17. The third kappa shape index (κ3) is 3.47. The smallest absolute Gasteiger partial charge is 0.233 e. The lowest BCUT2D eigenvalue weighted by atomic mass is 9.87. The molecule has 0 saturated heterocycles. The Hall–Kier alpha value is -1.06. The van der Waals surface area contributed by atoms with Gasteiger partial charge in [-0.05, 0) is 36.4 Å². The standard InChI is InChI=1S/C14H20N2O.ClH/c1-14(10-16-13(17)9-15-2)7-11-5-3-4-6-12(11)8-14;/h3-6,15H,7-10H2,1-2H3,(H,16,17);1H. The molecule has 0 fully saturated rings. The van der Waals surface area contributed by atoms with Crippen LogP contribution in [0.2, 0.25) is 0 Å². The van der Waals surface area contributed by atoms with Gasteiger partial charge in [0.2, 0.25) is 5.91 Å². The first-order chi connectivity index (χ1) is 8.13. The molecule has 0 spiro atoms. The number of fused-ring (bicyclic) bond motifs is 1. The molecule has 18 heavy (non-hydrogen) atoms. The van der Waals surface area contributed by atoms with Crippen LogP contribution in [0.15, 0.2) is 24.3 Å². The molecule has 4 heteroatoms. The van der Waals surface area contributed by atoms with E-state index < -0.39 is 0 Å². The van der Waals surface area contributed by atoms with Crippen LogP contribution in [0.4, 0.5) is 0 Å². The zero-order valence-corrected chi connectivity index (χ0v) is 11.8. The minimum atomic E-state index is 0. The summed E-state index contributed by atoms with van der Waals surface area (Å²) >= 11 is 0. The lowest BCUT2D eigenvalue weighted by Crippen LogP contribution is -2.39. The highest BCUT2D eigenvalue weighted by Gasteiger charge is 2.32. The minimum Gasteiger partial charge on any atom is -0.354 e. The number of halogens is 1. The zero-order chi connectivity index (χ0) is 12.3. The van der Waals surface area contributed by atoms with Gasteiger partial charge in [0.15, 0.2) is 0 Å². The van der Waals surface area contributed by atoms with E-state index in [2.05, 4.69) is 41.8 Å². The summed E-state index contributed by atoms with van der Waals surface area (Å²) in [6.07, 6.45) is 2.12. The fourth-order valence-corrected chi connectivity index (χ4v) is 2.54. The average Bonchev–Trinajstić information content (AvgIpc) is 2.64. The Bertz CT molecular complexity index is 395. The normalized spacial score (nSPS) is 15.7. The first-order valence-electron chi connectivity index (χ1n) is 6.11. The Morgan fingerprint density at radius 3 is 2.33 bits per heavy atom. The van der Waals surface area contributed by atoms with E-state index in [1.807, 2.05) is 0 Å². The molecule has 0 saturated carbocycles. The lowest BCUT2D eigenvalue weighted by Gasteiger charge is -2.23. The predicted octanol–water partition coefficient (Wildman–Crippen LogP) is 1.55. The molecule has 0 aromatic heterocycles. The van der Waals surface area contributed by atoms with Crippen molar-refractivity contribution >= 4 is 18.3 Å². The number of benzene rings is 1. The summed E-state index contributed by atoms with van der Waals surface area (Å²) < 4.78 is 0. The molecule has 1 aliphatic carbocycles. The SMILES string of the molecule is CNCC(=O)NCC1(C)Cc2ccccc2C1.Cl. The monoisotopic (exact) mass is 268 g/mol. The Morgan fingerprint density at radius 1 is 1.28 bits per heavy atom. The summed E-state index contributed by atoms with van der Waals surface area (Å²) in [6.45, 7) is 3.39. The van der Waals surface area contributed by atoms with Crippen molar-refractivity contribution < 1.29 is 4.79 Å². The van der Waals surface area contributed by atoms with E-state index in [9.17, 15) is 4.79 Å². The molecular formula is C14H21ClN2O. The van der Waals surface area contributed by atoms with E-state index in [1.54, 1.807) is 7.05 Å². The van der Waals surface area contributed by atoms with E-state index in [4.69, 9.17) is 0 Å². The molecule has 0 unspecified atom stereocenters. The van der Waals surface area contributed by atoms with Crippen LogP contribution in [0.1, 0.15) is 18.1 Å². The van der Waals surface area contributed by atoms with Crippen molar-refractivity contribution in [3.8, 4) is 0 Å². The summed E-state index contributed by atoms with van der Waals surface area (Å²) in [5.41, 5.74) is 3.03. The second-order valence-electron chi connectivity index (χ2n) is 5.24. The molecule has 0 aliphatic heterocycles. The summed E-state index contributed by atoms with van der Waals surface area (Å²) in [6, 6.07) is 8.56. The van der Waals surface area contributed by atoms with Crippen molar-refractivity contribution in [1.82, 2.24) is 10.6 Å². The molecular weight excluding hydrogens is 248 g/mol. The summed E-state index contributed by atoms with van der Waals surface area (Å²) in [5.74, 6) is 0.0738. The third-order valence-electron chi connectivity index (χ3n) is 3.40. The Balaban J connectivity index is 0.00000162. The maximum absolute atomic E-state index is 11.4. The van der Waals surface area contributed by atoms with E-state index in [-0.39, 0.29) is 23.7 Å². The van der Waals surface area contributed by atoms with E-state index in [0.29, 0.717) is 6.54 Å². The lowest BCUT2D eigenvalue weighted by molar-refractivity contribution is -0.120. The van der Waals surface area contributed by atoms with Crippen molar-refractivity contribution in [3.63, 3.8) is 0 Å². The number of nitrogens with one attached hydrogen (secondary N) is 2. The van der Waals surface area contributed by atoms with Gasteiger partial charge < -0.3 is 10.6 Å². The molecule has 1 aromatic rings. The fourth-order valence-electron chi connectivity index (χ4n) is 2.54. The maximum Gasteiger partial charge on any atom is 0.233 e. The average molecular weight is 269 g/mol. The van der Waals surface area contributed by atoms with Crippen molar-refractivity contribution in [2.75, 3.05) is 20.1 Å². The highest BCUT2D eigenvalue weighted by Crippen LogP contribution is 2.35. The second kappa shape index (κ2) is 6.21. The number of carbonyl (C=O) groups excluding carboxylic acids is 1. The number of likely N-dealkylation sites (N-methyl/N-ethyl adjacent to an activating group) is 1. The molecule has 2 rings (SSSR count). The van der Waals surface area contributed by atoms with E-state index in [1.165, 1.54) is 11.1 Å². The summed E-state index contributed by atoms with van der Waals surface area (Å²) in [4.78, 5) is 11.4. The molecule has 0 bridgehead atoms. The maximum atomic E-state index is 11.4. The van der Waals surface area contributed by atoms with Gasteiger partial charge in [0.05, 0.1) is 6.54 Å². The summed E-state index contributed by atoms with van der Waals surface area (Å²) in [7, 11) is 1.78. The highest BCUT2D eigenvalue weighted by atomic mass is 35.5. The van der Waals surface area contributed by atoms with Gasteiger partial charge in [0, 0.05) is 6.54 Å². The molecule has 1 amide bonds. The van der Waals surface area contributed by atoms with Crippen LogP contribution < -0.4 is 10.6 Å². The zero-order valence-electron chi connectivity index (χ0n) is 11.0. The molecule has 0 heterocycles. The van der Waals surface area contributed by atoms with Crippen LogP contribution in [0, 0.1) is 5.41 Å². The molecule has 2 N–H and O–H groups in total. The van der Waals surface area contributed by atoms with Crippen LogP contribution in [0.3, 0.4) is 0 Å². The van der Waals surface area contributed by atoms with Crippen molar-refractivity contribution in [2.45, 2.75) is 19.8 Å². The van der Waals surface area contributed by atoms with Crippen LogP contribution in [0.25, 0.3) is 0 Å². The van der Waals surface area contributed by atoms with Gasteiger partial charge in [-0.1, -0.05) is 31.2 Å². The van der Waals surface area contributed by atoms with Crippen LogP contribution >= 0.6 is 12.4 Å². The number of amides is 1. The molecule has 1 aromatic carbocycles. The van der Waals surface area contributed by atoms with Crippen molar-refractivity contribution in [2.24, 2.45) is 5.41 Å². The largest absolute Gasteiger partial charge is 0.354 e. The van der Waals surface area contributed by atoms with E-state index in [0.717, 1.165) is 19.4 Å². The van der Waals surface area contributed by atoms with Gasteiger partial charge in [-0.25, -0.2) is 0 Å². The van der Waals surface area contributed by atoms with Gasteiger partial charge in [-0.3, -0.25) is 4.79 Å². The first kappa shape index (κ1) is 15.0. The fraction of sp³-hybridized carbons (Fsp3) is 0.500. The topological polar surface area (TPSA) is 41.1 Å². The van der Waals surface area contributed by atoms with E-state index >= 15 is 0 Å². The van der Waals surface area contributed by atoms with Gasteiger partial charge in [0.1, 0.15) is 0 Å².